The largest absolute Gasteiger partial charge is 0.276 e. The van der Waals surface area contributed by atoms with Gasteiger partial charge in [0.05, 0.1) is 28.7 Å². The fourth-order valence-corrected chi connectivity index (χ4v) is 3.83. The minimum absolute atomic E-state index is 0.520. The highest BCUT2D eigenvalue weighted by Crippen LogP contribution is 2.34. The molecule has 0 aliphatic carbocycles. The molecular formula is C26H20N4. The number of pyridine rings is 1. The average Bonchev–Trinajstić information content (AvgIpc) is 3.24. The molecule has 0 fully saturated rings. The van der Waals surface area contributed by atoms with Crippen molar-refractivity contribution in [3.05, 3.63) is 84.6 Å². The third-order valence-electron chi connectivity index (χ3n) is 5.66. The second-order valence-electron chi connectivity index (χ2n) is 8.03. The Balaban J connectivity index is 1.70. The lowest BCUT2D eigenvalue weighted by Gasteiger charge is -2.15. The zero-order valence-electron chi connectivity index (χ0n) is 16.8. The molecule has 0 aliphatic heterocycles. The maximum absolute atomic E-state index is 9.41. The van der Waals surface area contributed by atoms with Gasteiger partial charge in [0.1, 0.15) is 5.69 Å². The minimum Gasteiger partial charge on any atom is -0.276 e. The van der Waals surface area contributed by atoms with Crippen LogP contribution in [-0.2, 0) is 5.41 Å². The molecule has 30 heavy (non-hydrogen) atoms. The standard InChI is InChI=1S/C26H20N4/c1-26(2,16-27)20-11-8-18(9-12-20)25-24-21-14-19(17-6-4-3-5-7-17)10-13-22(21)28-15-23(24)29-30-25/h3-15H,1-2H3,(H,29,30). The van der Waals surface area contributed by atoms with Gasteiger partial charge in [-0.1, -0.05) is 60.7 Å². The zero-order valence-corrected chi connectivity index (χ0v) is 16.8. The molecular weight excluding hydrogens is 368 g/mol. The van der Waals surface area contributed by atoms with Gasteiger partial charge in [0.25, 0.3) is 0 Å². The van der Waals surface area contributed by atoms with Crippen molar-refractivity contribution in [2.45, 2.75) is 19.3 Å². The number of aromatic nitrogens is 3. The van der Waals surface area contributed by atoms with Gasteiger partial charge in [0.2, 0.25) is 0 Å². The van der Waals surface area contributed by atoms with E-state index in [1.54, 1.807) is 0 Å². The number of nitriles is 1. The molecule has 0 unspecified atom stereocenters. The number of H-pyrrole nitrogens is 1. The molecule has 0 amide bonds. The normalized spacial score (nSPS) is 11.6. The van der Waals surface area contributed by atoms with E-state index >= 15 is 0 Å². The van der Waals surface area contributed by atoms with Crippen LogP contribution in [-0.4, -0.2) is 15.2 Å². The highest BCUT2D eigenvalue weighted by molar-refractivity contribution is 6.11. The number of benzene rings is 3. The second-order valence-corrected chi connectivity index (χ2v) is 8.03. The molecule has 0 bridgehead atoms. The molecule has 0 radical (unpaired) electrons. The number of rotatable bonds is 3. The third-order valence-corrected chi connectivity index (χ3v) is 5.66. The molecule has 0 saturated heterocycles. The number of fused-ring (bicyclic) bond motifs is 3. The van der Waals surface area contributed by atoms with Gasteiger partial charge in [-0.25, -0.2) is 0 Å². The summed E-state index contributed by atoms with van der Waals surface area (Å²) in [6.07, 6.45) is 1.84. The van der Waals surface area contributed by atoms with E-state index in [2.05, 4.69) is 51.6 Å². The number of aromatic amines is 1. The minimum atomic E-state index is -0.520. The van der Waals surface area contributed by atoms with Crippen molar-refractivity contribution in [2.24, 2.45) is 0 Å². The first kappa shape index (κ1) is 18.1. The van der Waals surface area contributed by atoms with Crippen LogP contribution in [0, 0.1) is 11.3 Å². The molecule has 0 saturated carbocycles. The zero-order chi connectivity index (χ0) is 20.7. The van der Waals surface area contributed by atoms with E-state index in [0.717, 1.165) is 44.2 Å². The lowest BCUT2D eigenvalue weighted by Crippen LogP contribution is -2.13. The molecule has 2 heterocycles. The maximum atomic E-state index is 9.41. The van der Waals surface area contributed by atoms with E-state index in [4.69, 9.17) is 0 Å². The molecule has 3 aromatic carbocycles. The summed E-state index contributed by atoms with van der Waals surface area (Å²) in [4.78, 5) is 4.60. The van der Waals surface area contributed by atoms with Gasteiger partial charge in [0, 0.05) is 16.3 Å². The van der Waals surface area contributed by atoms with Crippen molar-refractivity contribution in [1.82, 2.24) is 15.2 Å². The van der Waals surface area contributed by atoms with Crippen LogP contribution in [0.4, 0.5) is 0 Å². The predicted octanol–water partition coefficient (Wildman–Crippen LogP) is 6.25. The van der Waals surface area contributed by atoms with Gasteiger partial charge in [-0.2, -0.15) is 10.4 Å². The topological polar surface area (TPSA) is 65.4 Å². The van der Waals surface area contributed by atoms with Crippen molar-refractivity contribution in [2.75, 3.05) is 0 Å². The summed E-state index contributed by atoms with van der Waals surface area (Å²) in [5.74, 6) is 0. The van der Waals surface area contributed by atoms with E-state index in [1.807, 2.05) is 62.5 Å². The van der Waals surface area contributed by atoms with Gasteiger partial charge in [-0.3, -0.25) is 10.1 Å². The van der Waals surface area contributed by atoms with E-state index < -0.39 is 5.41 Å². The smallest absolute Gasteiger partial charge is 0.101 e. The predicted molar refractivity (Wildman–Crippen MR) is 121 cm³/mol. The van der Waals surface area contributed by atoms with Crippen LogP contribution in [0.5, 0.6) is 0 Å². The summed E-state index contributed by atoms with van der Waals surface area (Å²) in [6, 6.07) is 27.2. The van der Waals surface area contributed by atoms with Crippen LogP contribution in [0.1, 0.15) is 19.4 Å². The van der Waals surface area contributed by atoms with Crippen LogP contribution in [0.2, 0.25) is 0 Å². The molecule has 4 nitrogen and oxygen atoms in total. The third kappa shape index (κ3) is 2.92. The van der Waals surface area contributed by atoms with E-state index in [-0.39, 0.29) is 0 Å². The van der Waals surface area contributed by atoms with Crippen LogP contribution in [0.3, 0.4) is 0 Å². The molecule has 2 aromatic heterocycles. The van der Waals surface area contributed by atoms with Gasteiger partial charge < -0.3 is 0 Å². The van der Waals surface area contributed by atoms with Gasteiger partial charge >= 0.3 is 0 Å². The highest BCUT2D eigenvalue weighted by Gasteiger charge is 2.20. The molecule has 0 spiro atoms. The van der Waals surface area contributed by atoms with Crippen LogP contribution in [0.25, 0.3) is 44.2 Å². The first-order valence-electron chi connectivity index (χ1n) is 9.91. The summed E-state index contributed by atoms with van der Waals surface area (Å²) < 4.78 is 0. The summed E-state index contributed by atoms with van der Waals surface area (Å²) in [7, 11) is 0. The van der Waals surface area contributed by atoms with Crippen molar-refractivity contribution in [3.63, 3.8) is 0 Å². The quantitative estimate of drug-likeness (QED) is 0.397. The van der Waals surface area contributed by atoms with Gasteiger partial charge in [-0.05, 0) is 42.7 Å². The van der Waals surface area contributed by atoms with Crippen molar-refractivity contribution < 1.29 is 0 Å². The Bertz CT molecular complexity index is 1410. The Kier molecular flexibility index (Phi) is 4.11. The van der Waals surface area contributed by atoms with Crippen LogP contribution in [0.15, 0.2) is 79.0 Å². The number of nitrogens with one attached hydrogen (secondary N) is 1. The molecule has 5 rings (SSSR count). The van der Waals surface area contributed by atoms with E-state index in [1.165, 1.54) is 5.56 Å². The lowest BCUT2D eigenvalue weighted by molar-refractivity contribution is 0.687. The van der Waals surface area contributed by atoms with E-state index in [9.17, 15) is 5.26 Å². The Labute approximate surface area is 174 Å². The SMILES string of the molecule is CC(C)(C#N)c1ccc(-c2n[nH]c3cnc4ccc(-c5ccccc5)cc4c23)cc1. The van der Waals surface area contributed by atoms with Crippen LogP contribution >= 0.6 is 0 Å². The monoisotopic (exact) mass is 388 g/mol. The Morgan fingerprint density at radius 3 is 2.33 bits per heavy atom. The highest BCUT2D eigenvalue weighted by atomic mass is 15.1. The molecule has 0 aliphatic rings. The summed E-state index contributed by atoms with van der Waals surface area (Å²) in [6.45, 7) is 3.85. The van der Waals surface area contributed by atoms with Gasteiger partial charge in [0.15, 0.2) is 0 Å². The van der Waals surface area contributed by atoms with Crippen molar-refractivity contribution >= 4 is 21.8 Å². The second kappa shape index (κ2) is 6.82. The number of hydrogen-bond donors (Lipinski definition) is 1. The fraction of sp³-hybridized carbons (Fsp3) is 0.115. The Morgan fingerprint density at radius 2 is 1.60 bits per heavy atom. The first-order chi connectivity index (χ1) is 14.6. The summed E-state index contributed by atoms with van der Waals surface area (Å²) >= 11 is 0. The first-order valence-corrected chi connectivity index (χ1v) is 9.91. The van der Waals surface area contributed by atoms with Crippen LogP contribution < -0.4 is 0 Å². The summed E-state index contributed by atoms with van der Waals surface area (Å²) in [5, 5.41) is 19.3. The lowest BCUT2D eigenvalue weighted by atomic mass is 9.86. The number of hydrogen-bond acceptors (Lipinski definition) is 3. The molecule has 1 N–H and O–H groups in total. The average molecular weight is 388 g/mol. The Hall–Kier alpha value is -3.97. The van der Waals surface area contributed by atoms with Crippen molar-refractivity contribution in [1.29, 1.82) is 5.26 Å². The number of nitrogens with zero attached hydrogens (tertiary/aromatic N) is 3. The molecule has 144 valence electrons. The molecule has 5 aromatic rings. The Morgan fingerprint density at radius 1 is 0.867 bits per heavy atom. The molecule has 4 heteroatoms. The summed E-state index contributed by atoms with van der Waals surface area (Å²) in [5.41, 5.74) is 6.54. The van der Waals surface area contributed by atoms with Crippen molar-refractivity contribution in [3.8, 4) is 28.5 Å². The molecule has 0 atom stereocenters. The van der Waals surface area contributed by atoms with E-state index in [0.29, 0.717) is 0 Å². The maximum Gasteiger partial charge on any atom is 0.101 e. The fourth-order valence-electron chi connectivity index (χ4n) is 3.83. The van der Waals surface area contributed by atoms with Gasteiger partial charge in [-0.15, -0.1) is 0 Å².